The van der Waals surface area contributed by atoms with E-state index in [0.29, 0.717) is 12.3 Å². The molecule has 0 aliphatic heterocycles. The molecule has 3 nitrogen and oxygen atoms in total. The zero-order valence-corrected chi connectivity index (χ0v) is 11.8. The Morgan fingerprint density at radius 2 is 2.18 bits per heavy atom. The average molecular weight is 300 g/mol. The van der Waals surface area contributed by atoms with E-state index in [1.54, 1.807) is 6.92 Å². The van der Waals surface area contributed by atoms with Gasteiger partial charge in [-0.2, -0.15) is 0 Å². The Morgan fingerprint density at radius 1 is 1.47 bits per heavy atom. The van der Waals surface area contributed by atoms with Crippen LogP contribution in [-0.2, 0) is 4.79 Å². The van der Waals surface area contributed by atoms with E-state index in [9.17, 15) is 4.79 Å². The van der Waals surface area contributed by atoms with Gasteiger partial charge < -0.3 is 10.1 Å². The lowest BCUT2D eigenvalue weighted by atomic mass is 10.3. The van der Waals surface area contributed by atoms with Crippen LogP contribution in [0.1, 0.15) is 26.7 Å². The van der Waals surface area contributed by atoms with Gasteiger partial charge in [0.1, 0.15) is 5.75 Å². The molecule has 1 N–H and O–H groups in total. The zero-order chi connectivity index (χ0) is 12.7. The maximum absolute atomic E-state index is 11.7. The molecule has 1 aromatic rings. The molecule has 0 fully saturated rings. The summed E-state index contributed by atoms with van der Waals surface area (Å²) >= 11 is 3.38. The molecule has 0 saturated carbocycles. The lowest BCUT2D eigenvalue weighted by Crippen LogP contribution is -2.36. The molecule has 17 heavy (non-hydrogen) atoms. The normalized spacial score (nSPS) is 11.9. The summed E-state index contributed by atoms with van der Waals surface area (Å²) in [5.74, 6) is 0.611. The first-order valence-electron chi connectivity index (χ1n) is 5.84. The quantitative estimate of drug-likeness (QED) is 0.820. The SMILES string of the molecule is CCCCNC(=O)C(C)Oc1ccccc1Br. The zero-order valence-electron chi connectivity index (χ0n) is 10.2. The second-order valence-corrected chi connectivity index (χ2v) is 4.69. The van der Waals surface area contributed by atoms with E-state index in [2.05, 4.69) is 28.2 Å². The first-order valence-corrected chi connectivity index (χ1v) is 6.63. The largest absolute Gasteiger partial charge is 0.480 e. The number of rotatable bonds is 6. The van der Waals surface area contributed by atoms with Gasteiger partial charge in [0.05, 0.1) is 4.47 Å². The summed E-state index contributed by atoms with van der Waals surface area (Å²) in [5.41, 5.74) is 0. The van der Waals surface area contributed by atoms with E-state index in [1.807, 2.05) is 24.3 Å². The van der Waals surface area contributed by atoms with Crippen molar-refractivity contribution in [2.24, 2.45) is 0 Å². The van der Waals surface area contributed by atoms with Gasteiger partial charge in [-0.25, -0.2) is 0 Å². The second kappa shape index (κ2) is 7.33. The number of hydrogen-bond acceptors (Lipinski definition) is 2. The van der Waals surface area contributed by atoms with Gasteiger partial charge in [-0.05, 0) is 41.4 Å². The number of hydrogen-bond donors (Lipinski definition) is 1. The number of carbonyl (C=O) groups is 1. The molecule has 0 spiro atoms. The van der Waals surface area contributed by atoms with Gasteiger partial charge in [0.2, 0.25) is 0 Å². The van der Waals surface area contributed by atoms with E-state index in [4.69, 9.17) is 4.74 Å². The molecule has 4 heteroatoms. The third-order valence-corrected chi connectivity index (χ3v) is 2.99. The summed E-state index contributed by atoms with van der Waals surface area (Å²) < 4.78 is 6.43. The highest BCUT2D eigenvalue weighted by molar-refractivity contribution is 9.10. The molecule has 0 heterocycles. The van der Waals surface area contributed by atoms with Crippen LogP contribution in [0.3, 0.4) is 0 Å². The summed E-state index contributed by atoms with van der Waals surface area (Å²) in [7, 11) is 0. The summed E-state index contributed by atoms with van der Waals surface area (Å²) in [6.07, 6.45) is 1.58. The van der Waals surface area contributed by atoms with Crippen LogP contribution in [0.2, 0.25) is 0 Å². The van der Waals surface area contributed by atoms with Crippen molar-refractivity contribution in [2.75, 3.05) is 6.54 Å². The first-order chi connectivity index (χ1) is 8.15. The highest BCUT2D eigenvalue weighted by Crippen LogP contribution is 2.24. The minimum absolute atomic E-state index is 0.0748. The molecule has 0 radical (unpaired) electrons. The second-order valence-electron chi connectivity index (χ2n) is 3.84. The molecule has 0 aliphatic carbocycles. The van der Waals surface area contributed by atoms with Crippen LogP contribution in [0.15, 0.2) is 28.7 Å². The Kier molecular flexibility index (Phi) is 6.05. The fourth-order valence-corrected chi connectivity index (χ4v) is 1.69. The molecule has 0 bridgehead atoms. The molecular formula is C13H18BrNO2. The maximum atomic E-state index is 11.7. The van der Waals surface area contributed by atoms with Crippen LogP contribution in [0, 0.1) is 0 Å². The smallest absolute Gasteiger partial charge is 0.260 e. The number of carbonyl (C=O) groups excluding carboxylic acids is 1. The van der Waals surface area contributed by atoms with Crippen molar-refractivity contribution in [1.82, 2.24) is 5.32 Å². The van der Waals surface area contributed by atoms with Gasteiger partial charge in [0, 0.05) is 6.54 Å². The van der Waals surface area contributed by atoms with Gasteiger partial charge in [0.25, 0.3) is 5.91 Å². The van der Waals surface area contributed by atoms with Gasteiger partial charge in [0.15, 0.2) is 6.10 Å². The monoisotopic (exact) mass is 299 g/mol. The predicted molar refractivity (Wildman–Crippen MR) is 72.1 cm³/mol. The number of para-hydroxylation sites is 1. The third-order valence-electron chi connectivity index (χ3n) is 2.34. The molecular weight excluding hydrogens is 282 g/mol. The number of amides is 1. The van der Waals surface area contributed by atoms with Crippen LogP contribution in [0.4, 0.5) is 0 Å². The van der Waals surface area contributed by atoms with E-state index in [-0.39, 0.29) is 5.91 Å². The molecule has 1 atom stereocenters. The Morgan fingerprint density at radius 3 is 2.82 bits per heavy atom. The summed E-state index contributed by atoms with van der Waals surface area (Å²) in [6.45, 7) is 4.55. The Bertz CT molecular complexity index is 368. The molecule has 1 aromatic carbocycles. The summed E-state index contributed by atoms with van der Waals surface area (Å²) in [5, 5.41) is 2.84. The van der Waals surface area contributed by atoms with Crippen molar-refractivity contribution in [1.29, 1.82) is 0 Å². The Hall–Kier alpha value is -1.03. The lowest BCUT2D eigenvalue weighted by Gasteiger charge is -2.15. The molecule has 0 aromatic heterocycles. The van der Waals surface area contributed by atoms with Crippen LogP contribution in [0.25, 0.3) is 0 Å². The van der Waals surface area contributed by atoms with Gasteiger partial charge in [-0.15, -0.1) is 0 Å². The molecule has 94 valence electrons. The minimum Gasteiger partial charge on any atom is -0.480 e. The lowest BCUT2D eigenvalue weighted by molar-refractivity contribution is -0.127. The summed E-state index contributed by atoms with van der Waals surface area (Å²) in [6, 6.07) is 7.50. The molecule has 1 amide bonds. The highest BCUT2D eigenvalue weighted by Gasteiger charge is 2.14. The molecule has 0 aliphatic rings. The first kappa shape index (κ1) is 14.0. The van der Waals surface area contributed by atoms with E-state index >= 15 is 0 Å². The minimum atomic E-state index is -0.481. The van der Waals surface area contributed by atoms with Crippen molar-refractivity contribution in [3.63, 3.8) is 0 Å². The standard InChI is InChI=1S/C13H18BrNO2/c1-3-4-9-15-13(16)10(2)17-12-8-6-5-7-11(12)14/h5-8,10H,3-4,9H2,1-2H3,(H,15,16). The Labute approximate surface area is 111 Å². The topological polar surface area (TPSA) is 38.3 Å². The van der Waals surface area contributed by atoms with Crippen molar-refractivity contribution in [3.05, 3.63) is 28.7 Å². The van der Waals surface area contributed by atoms with Crippen molar-refractivity contribution >= 4 is 21.8 Å². The fraction of sp³-hybridized carbons (Fsp3) is 0.462. The van der Waals surface area contributed by atoms with E-state index in [0.717, 1.165) is 17.3 Å². The van der Waals surface area contributed by atoms with Crippen LogP contribution in [0.5, 0.6) is 5.75 Å². The van der Waals surface area contributed by atoms with E-state index < -0.39 is 6.10 Å². The number of ether oxygens (including phenoxy) is 1. The van der Waals surface area contributed by atoms with Gasteiger partial charge >= 0.3 is 0 Å². The van der Waals surface area contributed by atoms with Gasteiger partial charge in [-0.1, -0.05) is 25.5 Å². The molecule has 1 unspecified atom stereocenters. The van der Waals surface area contributed by atoms with Crippen LogP contribution in [-0.4, -0.2) is 18.6 Å². The molecule has 1 rings (SSSR count). The third kappa shape index (κ3) is 4.77. The number of halogens is 1. The van der Waals surface area contributed by atoms with Crippen molar-refractivity contribution in [3.8, 4) is 5.75 Å². The number of nitrogens with one attached hydrogen (secondary N) is 1. The fourth-order valence-electron chi connectivity index (χ4n) is 1.32. The Balaban J connectivity index is 2.46. The number of unbranched alkanes of at least 4 members (excludes halogenated alkanes) is 1. The summed E-state index contributed by atoms with van der Waals surface area (Å²) in [4.78, 5) is 11.7. The van der Waals surface area contributed by atoms with Crippen LogP contribution >= 0.6 is 15.9 Å². The number of benzene rings is 1. The van der Waals surface area contributed by atoms with E-state index in [1.165, 1.54) is 0 Å². The highest BCUT2D eigenvalue weighted by atomic mass is 79.9. The van der Waals surface area contributed by atoms with Crippen molar-refractivity contribution in [2.45, 2.75) is 32.8 Å². The molecule has 0 saturated heterocycles. The average Bonchev–Trinajstić information content (AvgIpc) is 2.32. The van der Waals surface area contributed by atoms with Crippen LogP contribution < -0.4 is 10.1 Å². The predicted octanol–water partition coefficient (Wildman–Crippen LogP) is 3.13. The van der Waals surface area contributed by atoms with Gasteiger partial charge in [-0.3, -0.25) is 4.79 Å². The van der Waals surface area contributed by atoms with Crippen molar-refractivity contribution < 1.29 is 9.53 Å². The maximum Gasteiger partial charge on any atom is 0.260 e.